The van der Waals surface area contributed by atoms with Crippen molar-refractivity contribution in [1.29, 1.82) is 0 Å². The number of aryl methyl sites for hydroxylation is 6. The highest BCUT2D eigenvalue weighted by atomic mass is 15.0. The lowest BCUT2D eigenvalue weighted by Crippen LogP contribution is -2.04. The maximum Gasteiger partial charge on any atom is 0.126 e. The Labute approximate surface area is 298 Å². The van der Waals surface area contributed by atoms with Crippen LogP contribution in [-0.4, -0.2) is 19.1 Å². The third-order valence-corrected chi connectivity index (χ3v) is 10.6. The molecule has 3 heterocycles. The third-order valence-electron chi connectivity index (χ3n) is 10.6. The molecule has 9 rings (SSSR count). The van der Waals surface area contributed by atoms with Gasteiger partial charge in [-0.25, -0.2) is 9.97 Å². The second-order valence-corrected chi connectivity index (χ2v) is 14.4. The molecule has 6 aromatic carbocycles. The summed E-state index contributed by atoms with van der Waals surface area (Å²) in [4.78, 5) is 9.84. The van der Waals surface area contributed by atoms with Gasteiger partial charge < -0.3 is 9.13 Å². The van der Waals surface area contributed by atoms with E-state index in [1.807, 2.05) is 6.92 Å². The van der Waals surface area contributed by atoms with Crippen molar-refractivity contribution in [2.24, 2.45) is 0 Å². The summed E-state index contributed by atoms with van der Waals surface area (Å²) in [6, 6.07) is 43.0. The molecule has 0 aliphatic carbocycles. The SMILES string of the molecule is Cc1ccc2c(c1)c1cc(C)ccc1n2-c1cccc(-c2ccc(-n3c4ccc(C)cc4c4cc(C)ccc43)c(-c3nc(C)nc(C)c3C)c2)c1. The number of benzene rings is 6. The smallest absolute Gasteiger partial charge is 0.126 e. The minimum absolute atomic E-state index is 0.775. The number of hydrogen-bond acceptors (Lipinski definition) is 2. The Morgan fingerprint density at radius 1 is 0.431 bits per heavy atom. The molecule has 4 heteroatoms. The molecule has 0 unspecified atom stereocenters. The van der Waals surface area contributed by atoms with Gasteiger partial charge in [0, 0.05) is 38.5 Å². The van der Waals surface area contributed by atoms with Crippen molar-refractivity contribution in [3.8, 4) is 33.8 Å². The minimum Gasteiger partial charge on any atom is -0.309 e. The van der Waals surface area contributed by atoms with Crippen LogP contribution in [0.1, 0.15) is 39.3 Å². The van der Waals surface area contributed by atoms with Crippen LogP contribution in [0.4, 0.5) is 0 Å². The van der Waals surface area contributed by atoms with E-state index < -0.39 is 0 Å². The summed E-state index contributed by atoms with van der Waals surface area (Å²) < 4.78 is 4.83. The highest BCUT2D eigenvalue weighted by molar-refractivity contribution is 6.11. The molecule has 9 aromatic rings. The van der Waals surface area contributed by atoms with E-state index in [-0.39, 0.29) is 0 Å². The molecule has 0 atom stereocenters. The van der Waals surface area contributed by atoms with Gasteiger partial charge in [0.1, 0.15) is 5.82 Å². The zero-order valence-corrected chi connectivity index (χ0v) is 30.3. The fourth-order valence-electron chi connectivity index (χ4n) is 8.00. The van der Waals surface area contributed by atoms with E-state index in [0.29, 0.717) is 0 Å². The summed E-state index contributed by atoms with van der Waals surface area (Å²) >= 11 is 0. The topological polar surface area (TPSA) is 35.6 Å². The van der Waals surface area contributed by atoms with E-state index in [9.17, 15) is 0 Å². The maximum absolute atomic E-state index is 5.11. The van der Waals surface area contributed by atoms with Crippen LogP contribution < -0.4 is 0 Å². The first-order valence-corrected chi connectivity index (χ1v) is 17.7. The summed E-state index contributed by atoms with van der Waals surface area (Å²) in [7, 11) is 0. The first kappa shape index (κ1) is 31.0. The molecule has 0 saturated heterocycles. The predicted molar refractivity (Wildman–Crippen MR) is 215 cm³/mol. The fourth-order valence-corrected chi connectivity index (χ4v) is 8.00. The first-order valence-electron chi connectivity index (χ1n) is 17.7. The van der Waals surface area contributed by atoms with Gasteiger partial charge in [0.25, 0.3) is 0 Å². The van der Waals surface area contributed by atoms with Gasteiger partial charge >= 0.3 is 0 Å². The lowest BCUT2D eigenvalue weighted by Gasteiger charge is -2.18. The Bertz CT molecular complexity index is 2760. The molecule has 0 saturated carbocycles. The summed E-state index contributed by atoms with van der Waals surface area (Å²) in [5, 5.41) is 5.10. The second-order valence-electron chi connectivity index (χ2n) is 14.4. The highest BCUT2D eigenvalue weighted by Crippen LogP contribution is 2.40. The van der Waals surface area contributed by atoms with Crippen molar-refractivity contribution in [3.63, 3.8) is 0 Å². The molecule has 0 bridgehead atoms. The Balaban J connectivity index is 1.30. The first-order chi connectivity index (χ1) is 24.6. The molecule has 0 radical (unpaired) electrons. The number of nitrogens with zero attached hydrogens (tertiary/aromatic N) is 4. The van der Waals surface area contributed by atoms with E-state index >= 15 is 0 Å². The fraction of sp³-hybridized carbons (Fsp3) is 0.149. The van der Waals surface area contributed by atoms with E-state index in [1.165, 1.54) is 65.9 Å². The molecule has 0 amide bonds. The van der Waals surface area contributed by atoms with Crippen LogP contribution in [0.5, 0.6) is 0 Å². The summed E-state index contributed by atoms with van der Waals surface area (Å²) in [5.74, 6) is 0.775. The van der Waals surface area contributed by atoms with Gasteiger partial charge in [0.05, 0.1) is 33.4 Å². The monoisotopic (exact) mass is 660 g/mol. The van der Waals surface area contributed by atoms with Crippen molar-refractivity contribution in [2.75, 3.05) is 0 Å². The third kappa shape index (κ3) is 4.97. The normalized spacial score (nSPS) is 11.8. The number of fused-ring (bicyclic) bond motifs is 6. The van der Waals surface area contributed by atoms with Gasteiger partial charge in [-0.15, -0.1) is 0 Å². The molecule has 3 aromatic heterocycles. The second kappa shape index (κ2) is 11.5. The van der Waals surface area contributed by atoms with Crippen LogP contribution in [-0.2, 0) is 0 Å². The molecule has 0 fully saturated rings. The molecule has 0 spiro atoms. The van der Waals surface area contributed by atoms with E-state index in [1.54, 1.807) is 0 Å². The van der Waals surface area contributed by atoms with E-state index in [2.05, 4.69) is 166 Å². The molecular weight excluding hydrogens is 621 g/mol. The van der Waals surface area contributed by atoms with Crippen LogP contribution in [0, 0.1) is 48.5 Å². The lowest BCUT2D eigenvalue weighted by molar-refractivity contribution is 0.989. The quantitative estimate of drug-likeness (QED) is 0.188. The maximum atomic E-state index is 5.11. The predicted octanol–water partition coefficient (Wildman–Crippen LogP) is 12.2. The average molecular weight is 661 g/mol. The highest BCUT2D eigenvalue weighted by Gasteiger charge is 2.20. The van der Waals surface area contributed by atoms with Crippen LogP contribution in [0.3, 0.4) is 0 Å². The molecule has 4 nitrogen and oxygen atoms in total. The lowest BCUT2D eigenvalue weighted by atomic mass is 9.97. The average Bonchev–Trinajstić information content (AvgIpc) is 3.60. The van der Waals surface area contributed by atoms with Crippen molar-refractivity contribution < 1.29 is 0 Å². The zero-order chi connectivity index (χ0) is 35.1. The standard InChI is InChI=1S/C47H40N4/c1-27-11-16-42-37(21-27)38-22-28(2)12-17-43(38)50(42)36-10-8-9-34(25-36)35-15-20-46(41(26-35)47-31(5)32(6)48-33(7)49-47)51-44-18-13-29(3)23-39(44)40-24-30(4)14-19-45(40)51/h8-26H,1-7H3. The summed E-state index contributed by atoms with van der Waals surface area (Å²) in [6.45, 7) is 14.9. The van der Waals surface area contributed by atoms with Gasteiger partial charge in [0.15, 0.2) is 0 Å². The molecule has 0 N–H and O–H groups in total. The number of aromatic nitrogens is 4. The zero-order valence-electron chi connectivity index (χ0n) is 30.3. The van der Waals surface area contributed by atoms with Crippen molar-refractivity contribution >= 4 is 43.6 Å². The Morgan fingerprint density at radius 3 is 1.45 bits per heavy atom. The van der Waals surface area contributed by atoms with Gasteiger partial charge in [0.2, 0.25) is 0 Å². The molecular formula is C47H40N4. The Hall–Kier alpha value is -6.00. The van der Waals surface area contributed by atoms with Crippen LogP contribution in [0.25, 0.3) is 77.4 Å². The molecule has 0 aliphatic heterocycles. The Morgan fingerprint density at radius 2 is 0.922 bits per heavy atom. The van der Waals surface area contributed by atoms with Gasteiger partial charge in [-0.2, -0.15) is 0 Å². The van der Waals surface area contributed by atoms with Gasteiger partial charge in [-0.3, -0.25) is 0 Å². The van der Waals surface area contributed by atoms with Crippen molar-refractivity contribution in [3.05, 3.63) is 155 Å². The molecule has 248 valence electrons. The summed E-state index contributed by atoms with van der Waals surface area (Å²) in [6.07, 6.45) is 0. The van der Waals surface area contributed by atoms with Crippen LogP contribution in [0.2, 0.25) is 0 Å². The van der Waals surface area contributed by atoms with Gasteiger partial charge in [-0.1, -0.05) is 64.7 Å². The molecule has 51 heavy (non-hydrogen) atoms. The number of rotatable bonds is 4. The van der Waals surface area contributed by atoms with Crippen LogP contribution >= 0.6 is 0 Å². The van der Waals surface area contributed by atoms with E-state index in [4.69, 9.17) is 9.97 Å². The summed E-state index contributed by atoms with van der Waals surface area (Å²) in [5.41, 5.74) is 18.6. The molecule has 0 aliphatic rings. The van der Waals surface area contributed by atoms with Gasteiger partial charge in [-0.05, 0) is 138 Å². The largest absolute Gasteiger partial charge is 0.309 e. The van der Waals surface area contributed by atoms with Crippen molar-refractivity contribution in [2.45, 2.75) is 48.5 Å². The minimum atomic E-state index is 0.775. The van der Waals surface area contributed by atoms with E-state index in [0.717, 1.165) is 50.8 Å². The van der Waals surface area contributed by atoms with Crippen LogP contribution in [0.15, 0.2) is 115 Å². The number of hydrogen-bond donors (Lipinski definition) is 0. The Kier molecular flexibility index (Phi) is 7.01. The van der Waals surface area contributed by atoms with Crippen molar-refractivity contribution in [1.82, 2.24) is 19.1 Å².